The van der Waals surface area contributed by atoms with Gasteiger partial charge in [0.15, 0.2) is 0 Å². The number of rotatable bonds is 7. The molecule has 2 aliphatic rings. The van der Waals surface area contributed by atoms with Crippen molar-refractivity contribution in [1.29, 1.82) is 0 Å². The van der Waals surface area contributed by atoms with Gasteiger partial charge in [-0.3, -0.25) is 9.69 Å². The number of hydrogen-bond donors (Lipinski definition) is 2. The Balaban J connectivity index is 1.21. The van der Waals surface area contributed by atoms with Gasteiger partial charge in [-0.1, -0.05) is 30.7 Å². The van der Waals surface area contributed by atoms with E-state index in [1.54, 1.807) is 12.1 Å². The summed E-state index contributed by atoms with van der Waals surface area (Å²) in [6.07, 6.45) is 6.71. The zero-order chi connectivity index (χ0) is 20.8. The minimum atomic E-state index is -0.590. The molecular formula is C25H32N2O3. The van der Waals surface area contributed by atoms with Crippen LogP contribution in [0, 0.1) is 0 Å². The zero-order valence-electron chi connectivity index (χ0n) is 17.6. The lowest BCUT2D eigenvalue weighted by atomic mass is 9.98. The SMILES string of the molecule is O=C(NC[C@H](O)CN1CCc2ccccc2C1)c1ccc(OC2CCCCC2)cc1. The molecule has 0 spiro atoms. The molecule has 1 heterocycles. The van der Waals surface area contributed by atoms with Crippen molar-refractivity contribution in [3.63, 3.8) is 0 Å². The number of hydrogen-bond acceptors (Lipinski definition) is 4. The highest BCUT2D eigenvalue weighted by Crippen LogP contribution is 2.23. The smallest absolute Gasteiger partial charge is 0.251 e. The number of amides is 1. The number of ether oxygens (including phenoxy) is 1. The lowest BCUT2D eigenvalue weighted by Crippen LogP contribution is -2.42. The van der Waals surface area contributed by atoms with Crippen LogP contribution < -0.4 is 10.1 Å². The summed E-state index contributed by atoms with van der Waals surface area (Å²) in [4.78, 5) is 14.7. The lowest BCUT2D eigenvalue weighted by molar-refractivity contribution is 0.0841. The number of nitrogens with one attached hydrogen (secondary N) is 1. The van der Waals surface area contributed by atoms with E-state index in [1.807, 2.05) is 12.1 Å². The highest BCUT2D eigenvalue weighted by Gasteiger charge is 2.19. The third kappa shape index (κ3) is 5.61. The fraction of sp³-hybridized carbons (Fsp3) is 0.480. The van der Waals surface area contributed by atoms with Gasteiger partial charge in [0.2, 0.25) is 0 Å². The van der Waals surface area contributed by atoms with Crippen molar-refractivity contribution in [2.45, 2.75) is 57.3 Å². The van der Waals surface area contributed by atoms with E-state index >= 15 is 0 Å². The van der Waals surface area contributed by atoms with Crippen LogP contribution in [-0.4, -0.2) is 47.8 Å². The highest BCUT2D eigenvalue weighted by molar-refractivity contribution is 5.94. The fourth-order valence-corrected chi connectivity index (χ4v) is 4.45. The molecule has 1 fully saturated rings. The number of fused-ring (bicyclic) bond motifs is 1. The molecule has 1 aliphatic heterocycles. The van der Waals surface area contributed by atoms with Crippen LogP contribution in [0.1, 0.15) is 53.6 Å². The summed E-state index contributed by atoms with van der Waals surface area (Å²) < 4.78 is 6.02. The van der Waals surface area contributed by atoms with Crippen molar-refractivity contribution < 1.29 is 14.6 Å². The third-order valence-corrected chi connectivity index (χ3v) is 6.15. The number of benzene rings is 2. The van der Waals surface area contributed by atoms with Crippen molar-refractivity contribution in [3.05, 3.63) is 65.2 Å². The molecular weight excluding hydrogens is 376 g/mol. The fourth-order valence-electron chi connectivity index (χ4n) is 4.45. The van der Waals surface area contributed by atoms with E-state index in [2.05, 4.69) is 34.5 Å². The average Bonchev–Trinajstić information content (AvgIpc) is 2.78. The van der Waals surface area contributed by atoms with Gasteiger partial charge in [-0.25, -0.2) is 0 Å². The van der Waals surface area contributed by atoms with Gasteiger partial charge >= 0.3 is 0 Å². The van der Waals surface area contributed by atoms with E-state index in [4.69, 9.17) is 4.74 Å². The standard InChI is InChI=1S/C25H32N2O3/c28-22(18-27-15-14-19-6-4-5-7-21(19)17-27)16-26-25(29)20-10-12-24(13-11-20)30-23-8-2-1-3-9-23/h4-7,10-13,22-23,28H,1-3,8-9,14-18H2,(H,26,29)/t22-/m0/s1. The van der Waals surface area contributed by atoms with E-state index in [0.29, 0.717) is 18.2 Å². The summed E-state index contributed by atoms with van der Waals surface area (Å²) in [6, 6.07) is 15.8. The first-order valence-corrected chi connectivity index (χ1v) is 11.2. The molecule has 160 valence electrons. The minimum absolute atomic E-state index is 0.165. The maximum Gasteiger partial charge on any atom is 0.251 e. The largest absolute Gasteiger partial charge is 0.490 e. The van der Waals surface area contributed by atoms with Gasteiger partial charge in [0.1, 0.15) is 5.75 Å². The maximum absolute atomic E-state index is 12.4. The van der Waals surface area contributed by atoms with Crippen LogP contribution in [0.5, 0.6) is 5.75 Å². The van der Waals surface area contributed by atoms with E-state index in [9.17, 15) is 9.90 Å². The van der Waals surface area contributed by atoms with Crippen molar-refractivity contribution in [1.82, 2.24) is 10.2 Å². The van der Waals surface area contributed by atoms with Gasteiger partial charge in [0.25, 0.3) is 5.91 Å². The Kier molecular flexibility index (Phi) is 7.03. The van der Waals surface area contributed by atoms with Crippen LogP contribution in [0.2, 0.25) is 0 Å². The number of carbonyl (C=O) groups is 1. The number of β-amino-alcohol motifs (C(OH)–C–C–N with tert-alkyl or cyclic N) is 1. The predicted octanol–water partition coefficient (Wildman–Crippen LogP) is 3.55. The molecule has 1 aliphatic carbocycles. The lowest BCUT2D eigenvalue weighted by Gasteiger charge is -2.30. The summed E-state index contributed by atoms with van der Waals surface area (Å²) >= 11 is 0. The van der Waals surface area contributed by atoms with Crippen LogP contribution in [0.3, 0.4) is 0 Å². The summed E-state index contributed by atoms with van der Waals surface area (Å²) in [7, 11) is 0. The van der Waals surface area contributed by atoms with Crippen LogP contribution in [-0.2, 0) is 13.0 Å². The Morgan fingerprint density at radius 3 is 2.57 bits per heavy atom. The number of carbonyl (C=O) groups excluding carboxylic acids is 1. The molecule has 0 unspecified atom stereocenters. The predicted molar refractivity (Wildman–Crippen MR) is 118 cm³/mol. The van der Waals surface area contributed by atoms with Gasteiger partial charge in [-0.15, -0.1) is 0 Å². The molecule has 5 nitrogen and oxygen atoms in total. The van der Waals surface area contributed by atoms with Gasteiger partial charge in [-0.2, -0.15) is 0 Å². The molecule has 1 atom stereocenters. The second-order valence-corrected chi connectivity index (χ2v) is 8.52. The first-order valence-electron chi connectivity index (χ1n) is 11.2. The summed E-state index contributed by atoms with van der Waals surface area (Å²) in [5, 5.41) is 13.2. The molecule has 2 aromatic rings. The molecule has 0 aromatic heterocycles. The zero-order valence-corrected chi connectivity index (χ0v) is 17.6. The number of aliphatic hydroxyl groups is 1. The van der Waals surface area contributed by atoms with Crippen LogP contribution in [0.4, 0.5) is 0 Å². The normalized spacial score (nSPS) is 18.4. The van der Waals surface area contributed by atoms with Gasteiger partial charge < -0.3 is 15.2 Å². The first kappa shape index (κ1) is 20.9. The van der Waals surface area contributed by atoms with E-state index in [-0.39, 0.29) is 12.5 Å². The molecule has 5 heteroatoms. The number of nitrogens with zero attached hydrogens (tertiary/aromatic N) is 1. The number of aliphatic hydroxyl groups excluding tert-OH is 1. The third-order valence-electron chi connectivity index (χ3n) is 6.15. The Morgan fingerprint density at radius 1 is 1.07 bits per heavy atom. The van der Waals surface area contributed by atoms with Gasteiger partial charge in [0, 0.05) is 31.7 Å². The van der Waals surface area contributed by atoms with Crippen molar-refractivity contribution >= 4 is 5.91 Å². The molecule has 1 amide bonds. The van der Waals surface area contributed by atoms with Crippen molar-refractivity contribution in [2.75, 3.05) is 19.6 Å². The Hall–Kier alpha value is -2.37. The average molecular weight is 409 g/mol. The van der Waals surface area contributed by atoms with Crippen LogP contribution >= 0.6 is 0 Å². The summed E-state index contributed by atoms with van der Waals surface area (Å²) in [5.41, 5.74) is 3.31. The molecule has 0 radical (unpaired) electrons. The topological polar surface area (TPSA) is 61.8 Å². The van der Waals surface area contributed by atoms with Crippen molar-refractivity contribution in [3.8, 4) is 5.75 Å². The molecule has 2 N–H and O–H groups in total. The van der Waals surface area contributed by atoms with Crippen LogP contribution in [0.15, 0.2) is 48.5 Å². The summed E-state index contributed by atoms with van der Waals surface area (Å²) in [6.45, 7) is 2.59. The Labute approximate surface area is 179 Å². The van der Waals surface area contributed by atoms with E-state index < -0.39 is 6.10 Å². The molecule has 0 saturated heterocycles. The Morgan fingerprint density at radius 2 is 1.80 bits per heavy atom. The molecule has 1 saturated carbocycles. The van der Waals surface area contributed by atoms with Gasteiger partial charge in [-0.05, 0) is 67.5 Å². The quantitative estimate of drug-likeness (QED) is 0.736. The molecule has 30 heavy (non-hydrogen) atoms. The molecule has 4 rings (SSSR count). The first-order chi connectivity index (χ1) is 14.7. The van der Waals surface area contributed by atoms with Crippen molar-refractivity contribution in [2.24, 2.45) is 0 Å². The molecule has 2 aromatic carbocycles. The second-order valence-electron chi connectivity index (χ2n) is 8.52. The maximum atomic E-state index is 12.4. The van der Waals surface area contributed by atoms with Crippen LogP contribution in [0.25, 0.3) is 0 Å². The highest BCUT2D eigenvalue weighted by atomic mass is 16.5. The van der Waals surface area contributed by atoms with E-state index in [1.165, 1.54) is 30.4 Å². The monoisotopic (exact) mass is 408 g/mol. The Bertz CT molecular complexity index is 831. The summed E-state index contributed by atoms with van der Waals surface area (Å²) in [5.74, 6) is 0.658. The van der Waals surface area contributed by atoms with Gasteiger partial charge in [0.05, 0.1) is 12.2 Å². The second kappa shape index (κ2) is 10.1. The molecule has 0 bridgehead atoms. The van der Waals surface area contributed by atoms with E-state index in [0.717, 1.165) is 38.1 Å². The minimum Gasteiger partial charge on any atom is -0.490 e.